The fourth-order valence-corrected chi connectivity index (χ4v) is 10.3. The number of hydrogen-bond acceptors (Lipinski definition) is 1. The average Bonchev–Trinajstić information content (AvgIpc) is 3.73. The summed E-state index contributed by atoms with van der Waals surface area (Å²) in [5.41, 5.74) is 20.8. The molecule has 0 atom stereocenters. The molecule has 1 heteroatoms. The van der Waals surface area contributed by atoms with Crippen LogP contribution in [0.25, 0.3) is 44.5 Å². The van der Waals surface area contributed by atoms with Crippen LogP contribution in [0.4, 0.5) is 17.1 Å². The molecule has 0 bridgehead atoms. The van der Waals surface area contributed by atoms with Gasteiger partial charge in [0.05, 0.1) is 11.1 Å². The van der Waals surface area contributed by atoms with Crippen LogP contribution in [-0.4, -0.2) is 0 Å². The van der Waals surface area contributed by atoms with Gasteiger partial charge in [-0.2, -0.15) is 0 Å². The van der Waals surface area contributed by atoms with Crippen LogP contribution in [0.2, 0.25) is 0 Å². The lowest BCUT2D eigenvalue weighted by molar-refractivity contribution is 0.661. The minimum absolute atomic E-state index is 0.170. The third-order valence-electron chi connectivity index (χ3n) is 12.9. The van der Waals surface area contributed by atoms with E-state index >= 15 is 0 Å². The molecule has 9 aromatic carbocycles. The number of fused-ring (bicyclic) bond motifs is 6. The molecule has 0 N–H and O–H groups in total. The second-order valence-electron chi connectivity index (χ2n) is 16.5. The first-order valence-corrected chi connectivity index (χ1v) is 20.7. The van der Waals surface area contributed by atoms with E-state index in [0.29, 0.717) is 0 Å². The molecular weight excluding hydrogens is 711 g/mol. The van der Waals surface area contributed by atoms with Gasteiger partial charge in [0, 0.05) is 16.8 Å². The van der Waals surface area contributed by atoms with Gasteiger partial charge in [0.15, 0.2) is 0 Å². The summed E-state index contributed by atoms with van der Waals surface area (Å²) < 4.78 is 0. The van der Waals surface area contributed by atoms with Crippen molar-refractivity contribution < 1.29 is 0 Å². The Bertz CT molecular complexity index is 2940. The van der Waals surface area contributed by atoms with Crippen LogP contribution >= 0.6 is 0 Å². The van der Waals surface area contributed by atoms with Crippen molar-refractivity contribution >= 4 is 17.1 Å². The zero-order valence-electron chi connectivity index (χ0n) is 33.3. The lowest BCUT2D eigenvalue weighted by Gasteiger charge is -2.34. The normalized spacial score (nSPS) is 13.9. The Hall–Kier alpha value is -7.22. The summed E-state index contributed by atoms with van der Waals surface area (Å²) in [6.45, 7) is 4.75. The van der Waals surface area contributed by atoms with Crippen molar-refractivity contribution in [3.05, 3.63) is 258 Å². The van der Waals surface area contributed by atoms with E-state index in [0.717, 1.165) is 11.4 Å². The molecule has 280 valence electrons. The van der Waals surface area contributed by atoms with Gasteiger partial charge in [-0.25, -0.2) is 0 Å². The standard InChI is InChI=1S/C58H43N/c1-57(2)52-26-14-12-24-49(52)51-25-16-28-55(56(51)57)59(46-34-29-41(30-35-46)40-17-6-3-7-18-40)47-36-31-42(32-37-47)43-33-38-50-48-23-13-15-27-53(48)58(54(50)39-43,44-19-8-4-9-20-44)45-21-10-5-11-22-45/h3-39H,1-2H3. The van der Waals surface area contributed by atoms with Crippen LogP contribution in [0.1, 0.15) is 47.2 Å². The number of benzene rings is 9. The largest absolute Gasteiger partial charge is 0.310 e. The molecule has 9 aromatic rings. The van der Waals surface area contributed by atoms with Gasteiger partial charge in [0.2, 0.25) is 0 Å². The Morgan fingerprint density at radius 3 is 1.37 bits per heavy atom. The van der Waals surface area contributed by atoms with Crippen LogP contribution in [-0.2, 0) is 10.8 Å². The van der Waals surface area contributed by atoms with Gasteiger partial charge in [-0.1, -0.05) is 202 Å². The van der Waals surface area contributed by atoms with Crippen molar-refractivity contribution in [1.29, 1.82) is 0 Å². The third kappa shape index (κ3) is 5.39. The molecule has 0 saturated carbocycles. The van der Waals surface area contributed by atoms with Crippen LogP contribution in [0, 0.1) is 0 Å². The van der Waals surface area contributed by atoms with Crippen molar-refractivity contribution in [1.82, 2.24) is 0 Å². The number of anilines is 3. The first-order valence-electron chi connectivity index (χ1n) is 20.7. The average molecular weight is 754 g/mol. The highest BCUT2D eigenvalue weighted by molar-refractivity contribution is 5.92. The van der Waals surface area contributed by atoms with Crippen molar-refractivity contribution in [2.45, 2.75) is 24.7 Å². The molecule has 2 aliphatic carbocycles. The monoisotopic (exact) mass is 753 g/mol. The minimum Gasteiger partial charge on any atom is -0.310 e. The molecule has 0 unspecified atom stereocenters. The summed E-state index contributed by atoms with van der Waals surface area (Å²) in [4.78, 5) is 2.46. The first kappa shape index (κ1) is 35.0. The quantitative estimate of drug-likeness (QED) is 0.157. The van der Waals surface area contributed by atoms with Gasteiger partial charge in [0.25, 0.3) is 0 Å². The predicted molar refractivity (Wildman–Crippen MR) is 247 cm³/mol. The van der Waals surface area contributed by atoms with Gasteiger partial charge in [-0.05, 0) is 114 Å². The maximum atomic E-state index is 2.46. The molecule has 2 aliphatic rings. The Kier molecular flexibility index (Phi) is 8.13. The maximum absolute atomic E-state index is 2.46. The van der Waals surface area contributed by atoms with Gasteiger partial charge in [-0.3, -0.25) is 0 Å². The second-order valence-corrected chi connectivity index (χ2v) is 16.5. The van der Waals surface area contributed by atoms with E-state index < -0.39 is 5.41 Å². The summed E-state index contributed by atoms with van der Waals surface area (Å²) in [7, 11) is 0. The molecule has 0 aromatic heterocycles. The van der Waals surface area contributed by atoms with E-state index in [2.05, 4.69) is 243 Å². The zero-order valence-corrected chi connectivity index (χ0v) is 33.3. The number of rotatable bonds is 7. The van der Waals surface area contributed by atoms with Gasteiger partial charge in [0.1, 0.15) is 0 Å². The highest BCUT2D eigenvalue weighted by Crippen LogP contribution is 2.57. The summed E-state index contributed by atoms with van der Waals surface area (Å²) >= 11 is 0. The fraction of sp³-hybridized carbons (Fsp3) is 0.0690. The number of hydrogen-bond donors (Lipinski definition) is 0. The molecule has 0 fully saturated rings. The first-order chi connectivity index (χ1) is 29.0. The van der Waals surface area contributed by atoms with E-state index in [1.54, 1.807) is 0 Å². The highest BCUT2D eigenvalue weighted by Gasteiger charge is 2.46. The second kappa shape index (κ2) is 13.7. The molecule has 11 rings (SSSR count). The molecule has 0 saturated heterocycles. The topological polar surface area (TPSA) is 3.24 Å². The van der Waals surface area contributed by atoms with E-state index in [9.17, 15) is 0 Å². The number of nitrogens with zero attached hydrogens (tertiary/aromatic N) is 1. The zero-order chi connectivity index (χ0) is 39.6. The van der Waals surface area contributed by atoms with Crippen LogP contribution in [0.15, 0.2) is 224 Å². The van der Waals surface area contributed by atoms with Crippen LogP contribution in [0.3, 0.4) is 0 Å². The SMILES string of the molecule is CC1(C)c2ccccc2-c2cccc(N(c3ccc(-c4ccccc4)cc3)c3ccc(-c4ccc5c(c4)C(c4ccccc4)(c4ccccc4)c4ccccc4-5)cc3)c21. The van der Waals surface area contributed by atoms with Gasteiger partial charge >= 0.3 is 0 Å². The van der Waals surface area contributed by atoms with E-state index in [1.165, 1.54) is 83.6 Å². The lowest BCUT2D eigenvalue weighted by atomic mass is 9.67. The summed E-state index contributed by atoms with van der Waals surface area (Å²) in [5.74, 6) is 0. The lowest BCUT2D eigenvalue weighted by Crippen LogP contribution is -2.28. The summed E-state index contributed by atoms with van der Waals surface area (Å²) in [6.07, 6.45) is 0. The van der Waals surface area contributed by atoms with Gasteiger partial charge < -0.3 is 4.90 Å². The molecule has 0 amide bonds. The van der Waals surface area contributed by atoms with E-state index in [-0.39, 0.29) is 5.41 Å². The maximum Gasteiger partial charge on any atom is 0.0713 e. The smallest absolute Gasteiger partial charge is 0.0713 e. The van der Waals surface area contributed by atoms with Crippen LogP contribution < -0.4 is 4.90 Å². The molecule has 0 radical (unpaired) electrons. The fourth-order valence-electron chi connectivity index (χ4n) is 10.3. The Balaban J connectivity index is 1.06. The Morgan fingerprint density at radius 1 is 0.322 bits per heavy atom. The summed E-state index contributed by atoms with van der Waals surface area (Å²) in [6, 6.07) is 82.8. The minimum atomic E-state index is -0.439. The molecular formula is C58H43N. The molecule has 0 aliphatic heterocycles. The third-order valence-corrected chi connectivity index (χ3v) is 12.9. The van der Waals surface area contributed by atoms with E-state index in [1.807, 2.05) is 0 Å². The summed E-state index contributed by atoms with van der Waals surface area (Å²) in [5, 5.41) is 0. The Morgan fingerprint density at radius 2 is 0.763 bits per heavy atom. The molecule has 1 nitrogen and oxygen atoms in total. The van der Waals surface area contributed by atoms with Gasteiger partial charge in [-0.15, -0.1) is 0 Å². The van der Waals surface area contributed by atoms with E-state index in [4.69, 9.17) is 0 Å². The Labute approximate surface area is 347 Å². The molecule has 0 spiro atoms. The van der Waals surface area contributed by atoms with Crippen molar-refractivity contribution in [3.63, 3.8) is 0 Å². The molecule has 0 heterocycles. The van der Waals surface area contributed by atoms with Crippen LogP contribution in [0.5, 0.6) is 0 Å². The van der Waals surface area contributed by atoms with Crippen molar-refractivity contribution in [2.75, 3.05) is 4.90 Å². The predicted octanol–water partition coefficient (Wildman–Crippen LogP) is 15.2. The highest BCUT2D eigenvalue weighted by atomic mass is 15.1. The van der Waals surface area contributed by atoms with Crippen molar-refractivity contribution in [3.8, 4) is 44.5 Å². The van der Waals surface area contributed by atoms with Crippen molar-refractivity contribution in [2.24, 2.45) is 0 Å². The molecule has 59 heavy (non-hydrogen) atoms.